The molecule has 0 saturated carbocycles. The van der Waals surface area contributed by atoms with E-state index in [-0.39, 0.29) is 22.4 Å². The van der Waals surface area contributed by atoms with Gasteiger partial charge < -0.3 is 9.47 Å². The van der Waals surface area contributed by atoms with Crippen molar-refractivity contribution in [1.29, 1.82) is 0 Å². The first-order valence-corrected chi connectivity index (χ1v) is 7.43. The molecule has 1 unspecified atom stereocenters. The molecule has 0 saturated heterocycles. The van der Waals surface area contributed by atoms with Crippen LogP contribution >= 0.6 is 23.2 Å². The quantitative estimate of drug-likeness (QED) is 0.660. The van der Waals surface area contributed by atoms with Crippen molar-refractivity contribution in [2.45, 2.75) is 12.3 Å². The molecule has 2 rings (SSSR count). The van der Waals surface area contributed by atoms with Crippen LogP contribution in [0.2, 0.25) is 10.0 Å². The minimum atomic E-state index is -4.58. The van der Waals surface area contributed by atoms with Crippen molar-refractivity contribution in [3.05, 3.63) is 58.1 Å². The maximum absolute atomic E-state index is 12.7. The van der Waals surface area contributed by atoms with Gasteiger partial charge in [0.2, 0.25) is 0 Å². The lowest BCUT2D eigenvalue weighted by atomic mass is 10.2. The first-order chi connectivity index (χ1) is 11.3. The standard InChI is InChI=1S/C16H11Cl2F3O3/c17-13-6-10(16(19,20)21)7-14(18)15(13)23-9-12(8-22)24-11-4-2-1-3-5-11/h1-8,12H,9H2. The second kappa shape index (κ2) is 7.77. The van der Waals surface area contributed by atoms with E-state index in [2.05, 4.69) is 0 Å². The van der Waals surface area contributed by atoms with E-state index in [0.717, 1.165) is 0 Å². The van der Waals surface area contributed by atoms with E-state index in [0.29, 0.717) is 24.2 Å². The predicted molar refractivity (Wildman–Crippen MR) is 83.9 cm³/mol. The molecule has 0 spiro atoms. The van der Waals surface area contributed by atoms with E-state index in [9.17, 15) is 18.0 Å². The van der Waals surface area contributed by atoms with Crippen LogP contribution in [0.3, 0.4) is 0 Å². The fourth-order valence-electron chi connectivity index (χ4n) is 1.80. The molecule has 0 fully saturated rings. The van der Waals surface area contributed by atoms with Gasteiger partial charge in [0, 0.05) is 0 Å². The molecule has 0 aromatic heterocycles. The summed E-state index contributed by atoms with van der Waals surface area (Å²) in [4.78, 5) is 11.1. The Morgan fingerprint density at radius 3 is 2.17 bits per heavy atom. The van der Waals surface area contributed by atoms with Crippen molar-refractivity contribution >= 4 is 29.5 Å². The van der Waals surface area contributed by atoms with Crippen LogP contribution in [0.1, 0.15) is 5.56 Å². The van der Waals surface area contributed by atoms with Crippen LogP contribution in [0.4, 0.5) is 13.2 Å². The normalized spacial score (nSPS) is 12.5. The Morgan fingerprint density at radius 2 is 1.67 bits per heavy atom. The van der Waals surface area contributed by atoms with E-state index in [1.807, 2.05) is 0 Å². The molecular formula is C16H11Cl2F3O3. The summed E-state index contributed by atoms with van der Waals surface area (Å²) < 4.78 is 48.7. The number of hydrogen-bond donors (Lipinski definition) is 0. The molecule has 2 aromatic carbocycles. The first-order valence-electron chi connectivity index (χ1n) is 6.67. The summed E-state index contributed by atoms with van der Waals surface area (Å²) in [6.07, 6.45) is -5.03. The molecule has 0 aliphatic carbocycles. The molecule has 0 bridgehead atoms. The largest absolute Gasteiger partial charge is 0.486 e. The van der Waals surface area contributed by atoms with Crippen molar-refractivity contribution in [3.63, 3.8) is 0 Å². The van der Waals surface area contributed by atoms with E-state index >= 15 is 0 Å². The van der Waals surface area contributed by atoms with Crippen LogP contribution in [-0.4, -0.2) is 19.0 Å². The van der Waals surface area contributed by atoms with Crippen LogP contribution in [0.15, 0.2) is 42.5 Å². The summed E-state index contributed by atoms with van der Waals surface area (Å²) in [5, 5.41) is -0.613. The fraction of sp³-hybridized carbons (Fsp3) is 0.188. The van der Waals surface area contributed by atoms with E-state index in [4.69, 9.17) is 32.7 Å². The maximum Gasteiger partial charge on any atom is 0.416 e. The number of carbonyl (C=O) groups is 1. The summed E-state index contributed by atoms with van der Waals surface area (Å²) >= 11 is 11.6. The second-order valence-electron chi connectivity index (χ2n) is 4.68. The number of rotatable bonds is 6. The van der Waals surface area contributed by atoms with Crippen LogP contribution in [0, 0.1) is 0 Å². The molecule has 2 aromatic rings. The number of para-hydroxylation sites is 1. The first kappa shape index (κ1) is 18.4. The Hall–Kier alpha value is -1.92. The third kappa shape index (κ3) is 4.79. The van der Waals surface area contributed by atoms with Gasteiger partial charge in [0.1, 0.15) is 12.4 Å². The van der Waals surface area contributed by atoms with Crippen molar-refractivity contribution in [2.75, 3.05) is 6.61 Å². The molecule has 0 N–H and O–H groups in total. The van der Waals surface area contributed by atoms with Crippen molar-refractivity contribution < 1.29 is 27.4 Å². The Morgan fingerprint density at radius 1 is 1.08 bits per heavy atom. The lowest BCUT2D eigenvalue weighted by molar-refractivity contribution is -0.137. The lowest BCUT2D eigenvalue weighted by Gasteiger charge is -2.17. The SMILES string of the molecule is O=CC(COc1c(Cl)cc(C(F)(F)F)cc1Cl)Oc1ccccc1. The Labute approximate surface area is 145 Å². The van der Waals surface area contributed by atoms with E-state index < -0.39 is 17.8 Å². The van der Waals surface area contributed by atoms with Crippen molar-refractivity contribution in [2.24, 2.45) is 0 Å². The zero-order valence-corrected chi connectivity index (χ0v) is 13.5. The minimum absolute atomic E-state index is 0.144. The molecule has 0 amide bonds. The summed E-state index contributed by atoms with van der Waals surface area (Å²) in [6.45, 7) is -0.261. The van der Waals surface area contributed by atoms with Crippen LogP contribution in [0.25, 0.3) is 0 Å². The fourth-order valence-corrected chi connectivity index (χ4v) is 2.40. The molecular weight excluding hydrogens is 368 g/mol. The summed E-state index contributed by atoms with van der Waals surface area (Å²) in [5.41, 5.74) is -0.989. The smallest absolute Gasteiger partial charge is 0.416 e. The highest BCUT2D eigenvalue weighted by atomic mass is 35.5. The van der Waals surface area contributed by atoms with Crippen LogP contribution in [0.5, 0.6) is 11.5 Å². The monoisotopic (exact) mass is 378 g/mol. The molecule has 24 heavy (non-hydrogen) atoms. The van der Waals surface area contributed by atoms with Gasteiger partial charge in [-0.1, -0.05) is 41.4 Å². The van der Waals surface area contributed by atoms with Gasteiger partial charge in [-0.25, -0.2) is 0 Å². The molecule has 3 nitrogen and oxygen atoms in total. The second-order valence-corrected chi connectivity index (χ2v) is 5.50. The number of alkyl halides is 3. The number of benzene rings is 2. The topological polar surface area (TPSA) is 35.5 Å². The average Bonchev–Trinajstić information content (AvgIpc) is 2.52. The van der Waals surface area contributed by atoms with Gasteiger partial charge in [-0.15, -0.1) is 0 Å². The molecule has 128 valence electrons. The zero-order valence-electron chi connectivity index (χ0n) is 12.0. The summed E-state index contributed by atoms with van der Waals surface area (Å²) in [5.74, 6) is 0.303. The van der Waals surface area contributed by atoms with Gasteiger partial charge in [0.25, 0.3) is 0 Å². The van der Waals surface area contributed by atoms with Crippen LogP contribution < -0.4 is 9.47 Å². The van der Waals surface area contributed by atoms with Gasteiger partial charge in [-0.05, 0) is 24.3 Å². The maximum atomic E-state index is 12.7. The average molecular weight is 379 g/mol. The predicted octanol–water partition coefficient (Wildman–Crippen LogP) is 5.04. The number of carbonyl (C=O) groups excluding carboxylic acids is 1. The summed E-state index contributed by atoms with van der Waals surface area (Å²) in [7, 11) is 0. The molecule has 8 heteroatoms. The molecule has 1 atom stereocenters. The van der Waals surface area contributed by atoms with Crippen LogP contribution in [-0.2, 0) is 11.0 Å². The van der Waals surface area contributed by atoms with E-state index in [1.165, 1.54) is 0 Å². The Kier molecular flexibility index (Phi) is 5.96. The van der Waals surface area contributed by atoms with Gasteiger partial charge in [-0.3, -0.25) is 4.79 Å². The summed E-state index contributed by atoms with van der Waals surface area (Å²) in [6, 6.07) is 9.93. The number of ether oxygens (including phenoxy) is 2. The van der Waals surface area contributed by atoms with Gasteiger partial charge >= 0.3 is 6.18 Å². The highest BCUT2D eigenvalue weighted by Crippen LogP contribution is 2.39. The van der Waals surface area contributed by atoms with Crippen molar-refractivity contribution in [1.82, 2.24) is 0 Å². The van der Waals surface area contributed by atoms with Gasteiger partial charge in [0.15, 0.2) is 18.1 Å². The third-order valence-corrected chi connectivity index (χ3v) is 3.46. The zero-order chi connectivity index (χ0) is 17.7. The highest BCUT2D eigenvalue weighted by Gasteiger charge is 2.32. The molecule has 0 heterocycles. The third-order valence-electron chi connectivity index (χ3n) is 2.90. The Bertz CT molecular complexity index is 682. The van der Waals surface area contributed by atoms with E-state index in [1.54, 1.807) is 30.3 Å². The molecule has 0 aliphatic heterocycles. The number of hydrogen-bond acceptors (Lipinski definition) is 3. The van der Waals surface area contributed by atoms with Gasteiger partial charge in [-0.2, -0.15) is 13.2 Å². The number of halogens is 5. The number of aldehydes is 1. The highest BCUT2D eigenvalue weighted by molar-refractivity contribution is 6.37. The van der Waals surface area contributed by atoms with Crippen molar-refractivity contribution in [3.8, 4) is 11.5 Å². The molecule has 0 aliphatic rings. The van der Waals surface area contributed by atoms with Gasteiger partial charge in [0.05, 0.1) is 15.6 Å². The minimum Gasteiger partial charge on any atom is -0.486 e. The molecule has 0 radical (unpaired) electrons. The lowest BCUT2D eigenvalue weighted by Crippen LogP contribution is -2.26. The Balaban J connectivity index is 2.09.